The SMILES string of the molecule is CN(C)C(=O)CCCNC(=O)CCNC(=O)C(F)(F)F. The number of alkyl halides is 3. The molecule has 0 saturated carbocycles. The summed E-state index contributed by atoms with van der Waals surface area (Å²) in [6, 6.07) is 0. The van der Waals surface area contributed by atoms with Crippen molar-refractivity contribution in [3.8, 4) is 0 Å². The smallest absolute Gasteiger partial charge is 0.356 e. The van der Waals surface area contributed by atoms with Gasteiger partial charge in [0.1, 0.15) is 0 Å². The topological polar surface area (TPSA) is 78.5 Å². The average Bonchev–Trinajstić information content (AvgIpc) is 2.32. The summed E-state index contributed by atoms with van der Waals surface area (Å²) in [6.45, 7) is -0.133. The molecule has 0 unspecified atom stereocenters. The van der Waals surface area contributed by atoms with Gasteiger partial charge < -0.3 is 15.5 Å². The first-order chi connectivity index (χ1) is 9.14. The fraction of sp³-hybridized carbons (Fsp3) is 0.727. The second-order valence-corrected chi connectivity index (χ2v) is 4.25. The van der Waals surface area contributed by atoms with Gasteiger partial charge >= 0.3 is 12.1 Å². The summed E-state index contributed by atoms with van der Waals surface area (Å²) in [5, 5.41) is 4.04. The molecule has 9 heteroatoms. The van der Waals surface area contributed by atoms with Crippen LogP contribution in [0, 0.1) is 0 Å². The molecule has 116 valence electrons. The van der Waals surface area contributed by atoms with Crippen molar-refractivity contribution >= 4 is 17.7 Å². The third-order valence-corrected chi connectivity index (χ3v) is 2.28. The van der Waals surface area contributed by atoms with Gasteiger partial charge in [-0.05, 0) is 6.42 Å². The van der Waals surface area contributed by atoms with Crippen molar-refractivity contribution in [2.45, 2.75) is 25.4 Å². The highest BCUT2D eigenvalue weighted by Crippen LogP contribution is 2.13. The van der Waals surface area contributed by atoms with Crippen LogP contribution in [0.3, 0.4) is 0 Å². The van der Waals surface area contributed by atoms with Crippen molar-refractivity contribution in [1.29, 1.82) is 0 Å². The zero-order chi connectivity index (χ0) is 15.8. The Balaban J connectivity index is 3.66. The minimum absolute atomic E-state index is 0.0725. The summed E-state index contributed by atoms with van der Waals surface area (Å²) >= 11 is 0. The van der Waals surface area contributed by atoms with Crippen LogP contribution in [0.25, 0.3) is 0 Å². The van der Waals surface area contributed by atoms with Crippen molar-refractivity contribution < 1.29 is 27.6 Å². The van der Waals surface area contributed by atoms with Gasteiger partial charge in [-0.1, -0.05) is 0 Å². The molecule has 2 N–H and O–H groups in total. The minimum Gasteiger partial charge on any atom is -0.356 e. The number of hydrogen-bond donors (Lipinski definition) is 2. The molecule has 0 fully saturated rings. The van der Waals surface area contributed by atoms with Crippen LogP contribution in [-0.2, 0) is 14.4 Å². The molecule has 3 amide bonds. The van der Waals surface area contributed by atoms with Crippen LogP contribution in [0.1, 0.15) is 19.3 Å². The van der Waals surface area contributed by atoms with E-state index in [-0.39, 0.29) is 31.8 Å². The quantitative estimate of drug-likeness (QED) is 0.651. The Bertz CT molecular complexity index is 357. The maximum Gasteiger partial charge on any atom is 0.471 e. The summed E-state index contributed by atoms with van der Waals surface area (Å²) in [6.07, 6.45) is -4.47. The highest BCUT2D eigenvalue weighted by atomic mass is 19.4. The number of amides is 3. The molecule has 20 heavy (non-hydrogen) atoms. The lowest BCUT2D eigenvalue weighted by Crippen LogP contribution is -2.39. The van der Waals surface area contributed by atoms with Crippen molar-refractivity contribution in [1.82, 2.24) is 15.5 Å². The molecule has 0 bridgehead atoms. The molecule has 0 aliphatic heterocycles. The van der Waals surface area contributed by atoms with Crippen LogP contribution < -0.4 is 10.6 Å². The lowest BCUT2D eigenvalue weighted by atomic mass is 10.3. The van der Waals surface area contributed by atoms with E-state index in [0.29, 0.717) is 6.42 Å². The Morgan fingerprint density at radius 1 is 1.00 bits per heavy atom. The normalized spacial score (nSPS) is 10.8. The highest BCUT2D eigenvalue weighted by molar-refractivity contribution is 5.82. The second kappa shape index (κ2) is 8.39. The summed E-state index contributed by atoms with van der Waals surface area (Å²) < 4.78 is 35.4. The Kier molecular flexibility index (Phi) is 7.63. The lowest BCUT2D eigenvalue weighted by molar-refractivity contribution is -0.173. The third-order valence-electron chi connectivity index (χ3n) is 2.28. The van der Waals surface area contributed by atoms with Gasteiger partial charge in [0, 0.05) is 40.0 Å². The Morgan fingerprint density at radius 2 is 1.60 bits per heavy atom. The van der Waals surface area contributed by atoms with Gasteiger partial charge in [0.25, 0.3) is 0 Å². The molecule has 0 aromatic heterocycles. The first-order valence-electron chi connectivity index (χ1n) is 5.96. The van der Waals surface area contributed by atoms with Gasteiger partial charge in [-0.25, -0.2) is 0 Å². The zero-order valence-electron chi connectivity index (χ0n) is 11.3. The summed E-state index contributed by atoms with van der Waals surface area (Å²) in [5.41, 5.74) is 0. The standard InChI is InChI=1S/C11H18F3N3O3/c1-17(2)9(19)4-3-6-15-8(18)5-7-16-10(20)11(12,13)14/h3-7H2,1-2H3,(H,15,18)(H,16,20). The van der Waals surface area contributed by atoms with Crippen LogP contribution >= 0.6 is 0 Å². The van der Waals surface area contributed by atoms with Crippen LogP contribution in [-0.4, -0.2) is 56.0 Å². The molecule has 0 aromatic rings. The molecule has 0 rings (SSSR count). The monoisotopic (exact) mass is 297 g/mol. The van der Waals surface area contributed by atoms with Gasteiger partial charge in [-0.15, -0.1) is 0 Å². The molecule has 0 aromatic carbocycles. The largest absolute Gasteiger partial charge is 0.471 e. The molecule has 0 radical (unpaired) electrons. The maximum absolute atomic E-state index is 11.8. The Hall–Kier alpha value is -1.80. The number of nitrogens with one attached hydrogen (secondary N) is 2. The molecular formula is C11H18F3N3O3. The van der Waals surface area contributed by atoms with E-state index in [4.69, 9.17) is 0 Å². The van der Waals surface area contributed by atoms with Crippen LogP contribution in [0.4, 0.5) is 13.2 Å². The van der Waals surface area contributed by atoms with E-state index in [1.807, 2.05) is 0 Å². The fourth-order valence-electron chi connectivity index (χ4n) is 1.17. The number of rotatable bonds is 7. The predicted octanol–water partition coefficient (Wildman–Crippen LogP) is 0.0396. The summed E-state index contributed by atoms with van der Waals surface area (Å²) in [7, 11) is 3.23. The minimum atomic E-state index is -4.94. The Morgan fingerprint density at radius 3 is 2.10 bits per heavy atom. The fourth-order valence-corrected chi connectivity index (χ4v) is 1.17. The van der Waals surface area contributed by atoms with E-state index in [1.54, 1.807) is 19.4 Å². The number of hydrogen-bond acceptors (Lipinski definition) is 3. The van der Waals surface area contributed by atoms with Gasteiger partial charge in [0.15, 0.2) is 0 Å². The van der Waals surface area contributed by atoms with Crippen molar-refractivity contribution in [2.75, 3.05) is 27.2 Å². The number of halogens is 3. The molecule has 0 saturated heterocycles. The summed E-state index contributed by atoms with van der Waals surface area (Å²) in [4.78, 5) is 34.3. The number of carbonyl (C=O) groups excluding carboxylic acids is 3. The molecular weight excluding hydrogens is 279 g/mol. The number of nitrogens with zero attached hydrogens (tertiary/aromatic N) is 1. The molecule has 0 aliphatic carbocycles. The van der Waals surface area contributed by atoms with E-state index < -0.39 is 18.0 Å². The zero-order valence-corrected chi connectivity index (χ0v) is 11.3. The maximum atomic E-state index is 11.8. The van der Waals surface area contributed by atoms with Gasteiger partial charge in [-0.3, -0.25) is 14.4 Å². The summed E-state index contributed by atoms with van der Waals surface area (Å²) in [5.74, 6) is -2.62. The molecule has 0 aliphatic rings. The number of carbonyl (C=O) groups is 3. The first kappa shape index (κ1) is 18.2. The van der Waals surface area contributed by atoms with E-state index in [0.717, 1.165) is 0 Å². The van der Waals surface area contributed by atoms with E-state index in [1.165, 1.54) is 4.90 Å². The van der Waals surface area contributed by atoms with Crippen LogP contribution in [0.2, 0.25) is 0 Å². The van der Waals surface area contributed by atoms with Gasteiger partial charge in [0.05, 0.1) is 0 Å². The highest BCUT2D eigenvalue weighted by Gasteiger charge is 2.38. The van der Waals surface area contributed by atoms with E-state index >= 15 is 0 Å². The van der Waals surface area contributed by atoms with Gasteiger partial charge in [0.2, 0.25) is 11.8 Å². The molecule has 0 heterocycles. The van der Waals surface area contributed by atoms with Crippen molar-refractivity contribution in [3.05, 3.63) is 0 Å². The second-order valence-electron chi connectivity index (χ2n) is 4.25. The average molecular weight is 297 g/mol. The molecule has 0 spiro atoms. The van der Waals surface area contributed by atoms with Crippen LogP contribution in [0.15, 0.2) is 0 Å². The predicted molar refractivity (Wildman–Crippen MR) is 64.6 cm³/mol. The third kappa shape index (κ3) is 8.33. The van der Waals surface area contributed by atoms with Crippen LogP contribution in [0.5, 0.6) is 0 Å². The lowest BCUT2D eigenvalue weighted by Gasteiger charge is -2.10. The Labute approximate surface area is 114 Å². The molecule has 0 atom stereocenters. The van der Waals surface area contributed by atoms with Crippen molar-refractivity contribution in [3.63, 3.8) is 0 Å². The first-order valence-corrected chi connectivity index (χ1v) is 5.96. The van der Waals surface area contributed by atoms with E-state index in [2.05, 4.69) is 5.32 Å². The van der Waals surface area contributed by atoms with E-state index in [9.17, 15) is 27.6 Å². The van der Waals surface area contributed by atoms with Gasteiger partial charge in [-0.2, -0.15) is 13.2 Å². The molecule has 6 nitrogen and oxygen atoms in total. The van der Waals surface area contributed by atoms with Crippen molar-refractivity contribution in [2.24, 2.45) is 0 Å².